The van der Waals surface area contributed by atoms with Crippen molar-refractivity contribution in [2.45, 2.75) is 13.1 Å². The SMILES string of the molecule is CC(NC(=O)/C=C/c1ccccc1)NC(=S)N(C(=O)c1ccccc1)c1cccc2cccnc12. The predicted molar refractivity (Wildman–Crippen MR) is 144 cm³/mol. The Kier molecular flexibility index (Phi) is 7.60. The fourth-order valence-corrected chi connectivity index (χ4v) is 3.93. The van der Waals surface area contributed by atoms with Crippen molar-refractivity contribution in [3.63, 3.8) is 0 Å². The number of pyridine rings is 1. The van der Waals surface area contributed by atoms with Crippen molar-refractivity contribution in [2.75, 3.05) is 4.90 Å². The number of hydrogen-bond acceptors (Lipinski definition) is 4. The Balaban J connectivity index is 1.56. The van der Waals surface area contributed by atoms with Gasteiger partial charge < -0.3 is 10.6 Å². The Hall–Kier alpha value is -4.36. The van der Waals surface area contributed by atoms with Crippen LogP contribution in [0.1, 0.15) is 22.8 Å². The zero-order chi connectivity index (χ0) is 24.6. The van der Waals surface area contributed by atoms with E-state index >= 15 is 0 Å². The fourth-order valence-electron chi connectivity index (χ4n) is 3.57. The summed E-state index contributed by atoms with van der Waals surface area (Å²) in [6.07, 6.45) is 4.32. The minimum Gasteiger partial charge on any atom is -0.342 e. The summed E-state index contributed by atoms with van der Waals surface area (Å²) >= 11 is 5.66. The summed E-state index contributed by atoms with van der Waals surface area (Å²) in [6.45, 7) is 1.76. The Labute approximate surface area is 209 Å². The zero-order valence-electron chi connectivity index (χ0n) is 19.1. The predicted octanol–water partition coefficient (Wildman–Crippen LogP) is 4.93. The molecule has 3 aromatic carbocycles. The van der Waals surface area contributed by atoms with Crippen molar-refractivity contribution in [1.82, 2.24) is 15.6 Å². The van der Waals surface area contributed by atoms with Gasteiger partial charge >= 0.3 is 0 Å². The van der Waals surface area contributed by atoms with E-state index in [0.29, 0.717) is 16.8 Å². The van der Waals surface area contributed by atoms with Gasteiger partial charge in [0.15, 0.2) is 5.11 Å². The second-order valence-corrected chi connectivity index (χ2v) is 8.17. The molecule has 0 bridgehead atoms. The summed E-state index contributed by atoms with van der Waals surface area (Å²) in [7, 11) is 0. The van der Waals surface area contributed by atoms with Crippen LogP contribution in [0.4, 0.5) is 5.69 Å². The van der Waals surface area contributed by atoms with Crippen LogP contribution in [-0.4, -0.2) is 28.1 Å². The molecule has 0 radical (unpaired) electrons. The number of fused-ring (bicyclic) bond motifs is 1. The first-order valence-electron chi connectivity index (χ1n) is 11.1. The number of thiocarbonyl (C=S) groups is 1. The number of amides is 2. The van der Waals surface area contributed by atoms with Gasteiger partial charge in [-0.1, -0.05) is 66.7 Å². The van der Waals surface area contributed by atoms with Gasteiger partial charge in [-0.15, -0.1) is 0 Å². The van der Waals surface area contributed by atoms with E-state index in [1.165, 1.54) is 11.0 Å². The zero-order valence-corrected chi connectivity index (χ0v) is 19.9. The summed E-state index contributed by atoms with van der Waals surface area (Å²) in [5.74, 6) is -0.590. The highest BCUT2D eigenvalue weighted by Gasteiger charge is 2.25. The topological polar surface area (TPSA) is 74.3 Å². The highest BCUT2D eigenvalue weighted by molar-refractivity contribution is 7.80. The number of para-hydroxylation sites is 1. The number of carbonyl (C=O) groups excluding carboxylic acids is 2. The Bertz CT molecular complexity index is 1370. The van der Waals surface area contributed by atoms with Gasteiger partial charge in [0, 0.05) is 23.2 Å². The van der Waals surface area contributed by atoms with Gasteiger partial charge in [0.2, 0.25) is 5.91 Å². The monoisotopic (exact) mass is 480 g/mol. The van der Waals surface area contributed by atoms with Crippen LogP contribution in [0.3, 0.4) is 0 Å². The van der Waals surface area contributed by atoms with E-state index in [1.54, 1.807) is 49.5 Å². The minimum absolute atomic E-state index is 0.150. The molecule has 0 saturated carbocycles. The molecule has 4 rings (SSSR count). The maximum Gasteiger partial charge on any atom is 0.264 e. The number of rotatable bonds is 6. The van der Waals surface area contributed by atoms with Crippen LogP contribution >= 0.6 is 12.2 Å². The molecule has 1 atom stereocenters. The van der Waals surface area contributed by atoms with Gasteiger partial charge in [0.1, 0.15) is 0 Å². The normalized spacial score (nSPS) is 11.7. The van der Waals surface area contributed by atoms with Crippen molar-refractivity contribution < 1.29 is 9.59 Å². The lowest BCUT2D eigenvalue weighted by atomic mass is 10.1. The second kappa shape index (κ2) is 11.2. The van der Waals surface area contributed by atoms with Crippen molar-refractivity contribution in [3.05, 3.63) is 114 Å². The van der Waals surface area contributed by atoms with Gasteiger partial charge in [-0.25, -0.2) is 0 Å². The Morgan fingerprint density at radius 1 is 0.886 bits per heavy atom. The van der Waals surface area contributed by atoms with E-state index in [0.717, 1.165) is 10.9 Å². The molecule has 6 nitrogen and oxygen atoms in total. The van der Waals surface area contributed by atoms with Crippen LogP contribution in [-0.2, 0) is 4.79 Å². The highest BCUT2D eigenvalue weighted by Crippen LogP contribution is 2.26. The van der Waals surface area contributed by atoms with Crippen LogP contribution in [0.25, 0.3) is 17.0 Å². The van der Waals surface area contributed by atoms with Gasteiger partial charge in [-0.05, 0) is 55.0 Å². The quantitative estimate of drug-likeness (QED) is 0.233. The third kappa shape index (κ3) is 5.96. The lowest BCUT2D eigenvalue weighted by Gasteiger charge is -2.27. The molecule has 2 amide bonds. The number of aromatic nitrogens is 1. The summed E-state index contributed by atoms with van der Waals surface area (Å²) < 4.78 is 0. The molecule has 0 fully saturated rings. The highest BCUT2D eigenvalue weighted by atomic mass is 32.1. The minimum atomic E-state index is -0.538. The number of hydrogen-bond donors (Lipinski definition) is 2. The standard InChI is InChI=1S/C28H24N4O2S/c1-20(30-25(33)18-17-21-10-4-2-5-11-21)31-28(35)32(27(34)23-12-6-3-7-13-23)24-16-8-14-22-15-9-19-29-26(22)24/h2-20H,1H3,(H,30,33)(H,31,35)/b18-17+. The van der Waals surface area contributed by atoms with Crippen LogP contribution < -0.4 is 15.5 Å². The first kappa shape index (κ1) is 23.8. The molecular formula is C28H24N4O2S. The number of carbonyl (C=O) groups is 2. The third-order valence-corrected chi connectivity index (χ3v) is 5.51. The molecule has 4 aromatic rings. The molecule has 0 saturated heterocycles. The lowest BCUT2D eigenvalue weighted by molar-refractivity contribution is -0.117. The van der Waals surface area contributed by atoms with Crippen molar-refractivity contribution in [1.29, 1.82) is 0 Å². The molecule has 174 valence electrons. The summed E-state index contributed by atoms with van der Waals surface area (Å²) in [5, 5.41) is 6.92. The van der Waals surface area contributed by atoms with Crippen LogP contribution in [0.2, 0.25) is 0 Å². The van der Waals surface area contributed by atoms with Crippen LogP contribution in [0.15, 0.2) is 103 Å². The average Bonchev–Trinajstić information content (AvgIpc) is 2.88. The molecule has 0 aliphatic heterocycles. The third-order valence-electron chi connectivity index (χ3n) is 5.20. The number of anilines is 1. The molecule has 0 spiro atoms. The van der Waals surface area contributed by atoms with Crippen molar-refractivity contribution in [2.24, 2.45) is 0 Å². The van der Waals surface area contributed by atoms with E-state index in [-0.39, 0.29) is 16.9 Å². The van der Waals surface area contributed by atoms with E-state index in [2.05, 4.69) is 15.6 Å². The van der Waals surface area contributed by atoms with Crippen molar-refractivity contribution in [3.8, 4) is 0 Å². The summed E-state index contributed by atoms with van der Waals surface area (Å²) in [4.78, 5) is 31.9. The molecule has 1 aromatic heterocycles. The van der Waals surface area contributed by atoms with Gasteiger partial charge in [0.25, 0.3) is 5.91 Å². The second-order valence-electron chi connectivity index (χ2n) is 7.78. The van der Waals surface area contributed by atoms with Crippen molar-refractivity contribution >= 4 is 51.8 Å². The summed E-state index contributed by atoms with van der Waals surface area (Å²) in [6, 6.07) is 27.8. The smallest absolute Gasteiger partial charge is 0.264 e. The summed E-state index contributed by atoms with van der Waals surface area (Å²) in [5.41, 5.74) is 2.59. The lowest BCUT2D eigenvalue weighted by Crippen LogP contribution is -2.52. The van der Waals surface area contributed by atoms with Crippen LogP contribution in [0.5, 0.6) is 0 Å². The molecular weight excluding hydrogens is 456 g/mol. The van der Waals surface area contributed by atoms with Gasteiger partial charge in [0.05, 0.1) is 17.4 Å². The number of nitrogens with one attached hydrogen (secondary N) is 2. The van der Waals surface area contributed by atoms with Gasteiger partial charge in [-0.3, -0.25) is 19.5 Å². The molecule has 1 unspecified atom stereocenters. The van der Waals surface area contributed by atoms with E-state index in [1.807, 2.05) is 60.7 Å². The molecule has 0 aliphatic carbocycles. The molecule has 2 N–H and O–H groups in total. The Morgan fingerprint density at radius 2 is 1.57 bits per heavy atom. The first-order chi connectivity index (χ1) is 17.0. The van der Waals surface area contributed by atoms with Gasteiger partial charge in [-0.2, -0.15) is 0 Å². The average molecular weight is 481 g/mol. The maximum atomic E-state index is 13.6. The molecule has 35 heavy (non-hydrogen) atoms. The van der Waals surface area contributed by atoms with E-state index in [9.17, 15) is 9.59 Å². The van der Waals surface area contributed by atoms with E-state index in [4.69, 9.17) is 12.2 Å². The number of nitrogens with zero attached hydrogens (tertiary/aromatic N) is 2. The fraction of sp³-hybridized carbons (Fsp3) is 0.0714. The maximum absolute atomic E-state index is 13.6. The molecule has 1 heterocycles. The van der Waals surface area contributed by atoms with Crippen LogP contribution in [0, 0.1) is 0 Å². The van der Waals surface area contributed by atoms with E-state index < -0.39 is 6.17 Å². The largest absolute Gasteiger partial charge is 0.342 e. The Morgan fingerprint density at radius 3 is 2.31 bits per heavy atom. The first-order valence-corrected chi connectivity index (χ1v) is 11.5. The molecule has 7 heteroatoms. The molecule has 0 aliphatic rings. The number of benzene rings is 3.